The lowest BCUT2D eigenvalue weighted by Gasteiger charge is -2.03. The number of carbonyl (C=O) groups excluding carboxylic acids is 2. The van der Waals surface area contributed by atoms with E-state index in [4.69, 9.17) is 0 Å². The normalized spacial score (nSPS) is 10.0. The molecule has 0 unspecified atom stereocenters. The van der Waals surface area contributed by atoms with E-state index in [0.717, 1.165) is 19.3 Å². The third kappa shape index (κ3) is 12.8. The molecule has 0 saturated heterocycles. The number of carbonyl (C=O) groups is 2. The first-order valence-electron chi connectivity index (χ1n) is 6.29. The number of unbranched alkanes of at least 4 members (excludes halogenated alkanes) is 6. The molecule has 0 bridgehead atoms. The van der Waals surface area contributed by atoms with Crippen LogP contribution in [-0.4, -0.2) is 11.9 Å². The van der Waals surface area contributed by atoms with Crippen molar-refractivity contribution in [2.24, 2.45) is 0 Å². The molecule has 0 rings (SSSR count). The Morgan fingerprint density at radius 2 is 1.59 bits per heavy atom. The number of hydrogen-bond acceptors (Lipinski definition) is 4. The highest BCUT2D eigenvalue weighted by atomic mass is 17.3. The first-order chi connectivity index (χ1) is 8.16. The van der Waals surface area contributed by atoms with Gasteiger partial charge in [0.25, 0.3) is 0 Å². The summed E-state index contributed by atoms with van der Waals surface area (Å²) in [6, 6.07) is 0. The molecule has 1 N–H and O–H groups in total. The van der Waals surface area contributed by atoms with Gasteiger partial charge in [0, 0.05) is 13.3 Å². The maximum Gasteiger partial charge on any atom is 0.342 e. The summed E-state index contributed by atoms with van der Waals surface area (Å²) >= 11 is 0. The van der Waals surface area contributed by atoms with Crippen LogP contribution in [0.2, 0.25) is 0 Å². The van der Waals surface area contributed by atoms with Crippen molar-refractivity contribution in [1.82, 2.24) is 5.48 Å². The molecule has 0 radical (unpaired) electrons. The summed E-state index contributed by atoms with van der Waals surface area (Å²) in [6.07, 6.45) is 8.49. The van der Waals surface area contributed by atoms with E-state index in [1.54, 1.807) is 0 Å². The number of hydroxylamine groups is 1. The fraction of sp³-hybridized carbons (Fsp3) is 0.833. The molecule has 0 aromatic carbocycles. The molecule has 1 amide bonds. The molecule has 17 heavy (non-hydrogen) atoms. The summed E-state index contributed by atoms with van der Waals surface area (Å²) in [5.74, 6) is -0.860. The Morgan fingerprint density at radius 1 is 1.00 bits per heavy atom. The van der Waals surface area contributed by atoms with Gasteiger partial charge in [-0.15, -0.1) is 0 Å². The summed E-state index contributed by atoms with van der Waals surface area (Å²) in [6.45, 7) is 3.38. The van der Waals surface area contributed by atoms with Gasteiger partial charge in [-0.05, 0) is 6.42 Å². The van der Waals surface area contributed by atoms with Crippen molar-refractivity contribution in [3.63, 3.8) is 0 Å². The highest BCUT2D eigenvalue weighted by molar-refractivity contribution is 5.74. The molecule has 0 spiro atoms. The average Bonchev–Trinajstić information content (AvgIpc) is 2.27. The average molecular weight is 245 g/mol. The first-order valence-corrected chi connectivity index (χ1v) is 6.29. The van der Waals surface area contributed by atoms with Gasteiger partial charge in [0.05, 0.1) is 0 Å². The Balaban J connectivity index is 3.19. The summed E-state index contributed by atoms with van der Waals surface area (Å²) < 4.78 is 0. The van der Waals surface area contributed by atoms with Crippen LogP contribution in [0.4, 0.5) is 0 Å². The lowest BCUT2D eigenvalue weighted by Crippen LogP contribution is -2.24. The van der Waals surface area contributed by atoms with Crippen molar-refractivity contribution >= 4 is 11.9 Å². The van der Waals surface area contributed by atoms with Crippen LogP contribution >= 0.6 is 0 Å². The topological polar surface area (TPSA) is 64.6 Å². The Morgan fingerprint density at radius 3 is 2.18 bits per heavy atom. The van der Waals surface area contributed by atoms with E-state index in [9.17, 15) is 9.59 Å². The molecule has 100 valence electrons. The molecule has 0 heterocycles. The molecular formula is C12H23NO4. The van der Waals surface area contributed by atoms with Gasteiger partial charge < -0.3 is 0 Å². The van der Waals surface area contributed by atoms with Gasteiger partial charge in [0.1, 0.15) is 0 Å². The summed E-state index contributed by atoms with van der Waals surface area (Å²) in [7, 11) is 0. The van der Waals surface area contributed by atoms with Crippen molar-refractivity contribution in [3.8, 4) is 0 Å². The maximum atomic E-state index is 11.1. The second-order valence-electron chi connectivity index (χ2n) is 4.05. The van der Waals surface area contributed by atoms with Crippen LogP contribution in [0.1, 0.15) is 65.2 Å². The Labute approximate surface area is 103 Å². The van der Waals surface area contributed by atoms with Crippen LogP contribution < -0.4 is 5.48 Å². The third-order valence-electron chi connectivity index (χ3n) is 2.32. The summed E-state index contributed by atoms with van der Waals surface area (Å²) in [5.41, 5.74) is 2.04. The fourth-order valence-corrected chi connectivity index (χ4v) is 1.42. The molecule has 0 aliphatic heterocycles. The second-order valence-corrected chi connectivity index (χ2v) is 4.05. The number of rotatable bonds is 10. The van der Waals surface area contributed by atoms with E-state index in [0.29, 0.717) is 6.42 Å². The van der Waals surface area contributed by atoms with Crippen molar-refractivity contribution in [2.75, 3.05) is 0 Å². The van der Waals surface area contributed by atoms with Crippen LogP contribution in [0.5, 0.6) is 0 Å². The molecule has 0 saturated carbocycles. The summed E-state index contributed by atoms with van der Waals surface area (Å²) in [5, 5.41) is 0. The molecule has 5 nitrogen and oxygen atoms in total. The van der Waals surface area contributed by atoms with E-state index >= 15 is 0 Å². The van der Waals surface area contributed by atoms with Gasteiger partial charge >= 0.3 is 5.97 Å². The molecule has 5 heteroatoms. The van der Waals surface area contributed by atoms with Gasteiger partial charge in [0.15, 0.2) is 0 Å². The van der Waals surface area contributed by atoms with Crippen molar-refractivity contribution in [2.45, 2.75) is 65.2 Å². The van der Waals surface area contributed by atoms with E-state index in [1.165, 1.54) is 32.6 Å². The number of hydrogen-bond donors (Lipinski definition) is 1. The summed E-state index contributed by atoms with van der Waals surface area (Å²) in [4.78, 5) is 29.8. The number of amides is 1. The van der Waals surface area contributed by atoms with Gasteiger partial charge in [-0.2, -0.15) is 5.48 Å². The van der Waals surface area contributed by atoms with E-state index in [-0.39, 0.29) is 5.91 Å². The molecule has 0 fully saturated rings. The highest BCUT2D eigenvalue weighted by Crippen LogP contribution is 2.08. The van der Waals surface area contributed by atoms with E-state index < -0.39 is 5.97 Å². The molecule has 0 aliphatic rings. The van der Waals surface area contributed by atoms with Gasteiger partial charge in [-0.3, -0.25) is 9.68 Å². The minimum absolute atomic E-state index is 0.264. The minimum Gasteiger partial charge on any atom is -0.275 e. The van der Waals surface area contributed by atoms with Gasteiger partial charge in [0.2, 0.25) is 5.91 Å². The Bertz CT molecular complexity index is 219. The zero-order valence-electron chi connectivity index (χ0n) is 10.8. The van der Waals surface area contributed by atoms with E-state index in [2.05, 4.69) is 16.8 Å². The molecule has 0 atom stereocenters. The Kier molecular flexibility index (Phi) is 10.7. The predicted molar refractivity (Wildman–Crippen MR) is 63.6 cm³/mol. The van der Waals surface area contributed by atoms with Crippen molar-refractivity contribution < 1.29 is 19.5 Å². The van der Waals surface area contributed by atoms with Crippen LogP contribution in [0.15, 0.2) is 0 Å². The molecule has 0 aliphatic carbocycles. The van der Waals surface area contributed by atoms with Crippen LogP contribution in [-0.2, 0) is 19.5 Å². The standard InChI is InChI=1S/C12H23NO4/c1-3-4-5-6-7-8-9-10-12(15)13-17-16-11(2)14/h3-10H2,1-2H3,(H,13,15). The second kappa shape index (κ2) is 11.4. The Hall–Kier alpha value is -1.10. The SMILES string of the molecule is CCCCCCCCCC(=O)NOOC(C)=O. The van der Waals surface area contributed by atoms with Crippen molar-refractivity contribution in [3.05, 3.63) is 0 Å². The van der Waals surface area contributed by atoms with Gasteiger partial charge in [-0.25, -0.2) is 4.79 Å². The van der Waals surface area contributed by atoms with Gasteiger partial charge in [-0.1, -0.05) is 50.4 Å². The lowest BCUT2D eigenvalue weighted by atomic mass is 10.1. The molecular weight excluding hydrogens is 222 g/mol. The van der Waals surface area contributed by atoms with Crippen LogP contribution in [0.3, 0.4) is 0 Å². The highest BCUT2D eigenvalue weighted by Gasteiger charge is 2.02. The maximum absolute atomic E-state index is 11.1. The lowest BCUT2D eigenvalue weighted by molar-refractivity contribution is -0.300. The van der Waals surface area contributed by atoms with Crippen LogP contribution in [0.25, 0.3) is 0 Å². The molecule has 0 aromatic rings. The van der Waals surface area contributed by atoms with Crippen molar-refractivity contribution in [1.29, 1.82) is 0 Å². The first kappa shape index (κ1) is 15.9. The van der Waals surface area contributed by atoms with E-state index in [1.807, 2.05) is 5.48 Å². The van der Waals surface area contributed by atoms with Crippen LogP contribution in [0, 0.1) is 0 Å². The third-order valence-corrected chi connectivity index (χ3v) is 2.32. The zero-order valence-corrected chi connectivity index (χ0v) is 10.8. The fourth-order valence-electron chi connectivity index (χ4n) is 1.42. The minimum atomic E-state index is -0.596. The monoisotopic (exact) mass is 245 g/mol. The molecule has 0 aromatic heterocycles. The zero-order chi connectivity index (χ0) is 12.9. The number of nitrogens with one attached hydrogen (secondary N) is 1. The smallest absolute Gasteiger partial charge is 0.275 e. The predicted octanol–water partition coefficient (Wildman–Crippen LogP) is 2.65. The largest absolute Gasteiger partial charge is 0.342 e. The quantitative estimate of drug-likeness (QED) is 0.365.